The lowest BCUT2D eigenvalue weighted by Gasteiger charge is -2.29. The van der Waals surface area contributed by atoms with Crippen molar-refractivity contribution in [3.8, 4) is 0 Å². The van der Waals surface area contributed by atoms with Crippen LogP contribution in [0.15, 0.2) is 41.5 Å². The number of aromatic nitrogens is 4. The molecular weight excluding hydrogens is 402 g/mol. The van der Waals surface area contributed by atoms with Gasteiger partial charge in [0.05, 0.1) is 11.9 Å². The average Bonchev–Trinajstić information content (AvgIpc) is 3.29. The number of rotatable bonds is 4. The first-order valence-corrected chi connectivity index (χ1v) is 10.3. The van der Waals surface area contributed by atoms with Gasteiger partial charge in [-0.25, -0.2) is 9.97 Å². The molecule has 0 spiro atoms. The van der Waals surface area contributed by atoms with Gasteiger partial charge in [0, 0.05) is 49.9 Å². The van der Waals surface area contributed by atoms with E-state index in [1.165, 1.54) is 0 Å². The van der Waals surface area contributed by atoms with Crippen molar-refractivity contribution < 1.29 is 0 Å². The fourth-order valence-corrected chi connectivity index (χ4v) is 4.30. The van der Waals surface area contributed by atoms with E-state index in [1.807, 2.05) is 16.8 Å². The standard InChI is InChI=1S/C21H25N7O.ClH/c29-19-8-5-15-13-24-21(26-20(15)28(19)16-3-1-2-4-16)25-18-7-6-17(14-23-18)27-11-9-22-10-12-27;/h5-8,13-14,16,22H,1-4,9-12H2,(H,23,24,25,26);1H. The highest BCUT2D eigenvalue weighted by Gasteiger charge is 2.20. The summed E-state index contributed by atoms with van der Waals surface area (Å²) in [5, 5.41) is 7.42. The molecule has 1 aliphatic heterocycles. The van der Waals surface area contributed by atoms with Gasteiger partial charge in [0.15, 0.2) is 0 Å². The second-order valence-corrected chi connectivity index (χ2v) is 7.72. The molecule has 5 rings (SSSR count). The zero-order valence-corrected chi connectivity index (χ0v) is 17.6. The van der Waals surface area contributed by atoms with Crippen LogP contribution in [0.2, 0.25) is 0 Å². The van der Waals surface area contributed by atoms with Crippen molar-refractivity contribution in [1.29, 1.82) is 0 Å². The Morgan fingerprint density at radius 3 is 2.53 bits per heavy atom. The Kier molecular flexibility index (Phi) is 6.15. The van der Waals surface area contributed by atoms with Gasteiger partial charge >= 0.3 is 0 Å². The molecule has 2 N–H and O–H groups in total. The van der Waals surface area contributed by atoms with E-state index in [0.29, 0.717) is 17.4 Å². The Morgan fingerprint density at radius 2 is 1.80 bits per heavy atom. The highest BCUT2D eigenvalue weighted by atomic mass is 35.5. The molecule has 1 saturated heterocycles. The van der Waals surface area contributed by atoms with Gasteiger partial charge in [-0.05, 0) is 31.0 Å². The molecule has 2 fully saturated rings. The quantitative estimate of drug-likeness (QED) is 0.661. The number of piperazine rings is 1. The summed E-state index contributed by atoms with van der Waals surface area (Å²) in [5.74, 6) is 1.14. The minimum Gasteiger partial charge on any atom is -0.368 e. The van der Waals surface area contributed by atoms with Gasteiger partial charge in [-0.15, -0.1) is 12.4 Å². The summed E-state index contributed by atoms with van der Waals surface area (Å²) in [6, 6.07) is 7.65. The lowest BCUT2D eigenvalue weighted by molar-refractivity contribution is 0.516. The van der Waals surface area contributed by atoms with E-state index in [2.05, 4.69) is 36.6 Å². The SMILES string of the molecule is Cl.O=c1ccc2cnc(Nc3ccc(N4CCNCC4)cn3)nc2n1C1CCCC1. The maximum atomic E-state index is 12.5. The number of pyridine rings is 2. The fourth-order valence-electron chi connectivity index (χ4n) is 4.30. The predicted octanol–water partition coefficient (Wildman–Crippen LogP) is 2.88. The van der Waals surface area contributed by atoms with E-state index in [0.717, 1.165) is 62.9 Å². The van der Waals surface area contributed by atoms with E-state index in [9.17, 15) is 4.79 Å². The summed E-state index contributed by atoms with van der Waals surface area (Å²) < 4.78 is 1.84. The lowest BCUT2D eigenvalue weighted by Crippen LogP contribution is -2.43. The van der Waals surface area contributed by atoms with Gasteiger partial charge in [0.2, 0.25) is 5.95 Å². The van der Waals surface area contributed by atoms with Crippen molar-refractivity contribution in [3.63, 3.8) is 0 Å². The van der Waals surface area contributed by atoms with Gasteiger partial charge in [-0.2, -0.15) is 4.98 Å². The molecule has 3 aromatic heterocycles. The van der Waals surface area contributed by atoms with E-state index in [1.54, 1.807) is 18.3 Å². The van der Waals surface area contributed by atoms with Crippen molar-refractivity contribution in [2.75, 3.05) is 36.4 Å². The Labute approximate surface area is 181 Å². The second kappa shape index (κ2) is 8.97. The smallest absolute Gasteiger partial charge is 0.252 e. The first-order chi connectivity index (χ1) is 14.3. The molecule has 0 aromatic carbocycles. The first kappa shape index (κ1) is 20.6. The summed E-state index contributed by atoms with van der Waals surface area (Å²) in [7, 11) is 0. The van der Waals surface area contributed by atoms with Crippen molar-refractivity contribution in [1.82, 2.24) is 24.8 Å². The largest absolute Gasteiger partial charge is 0.368 e. The van der Waals surface area contributed by atoms with Crippen molar-refractivity contribution in [2.45, 2.75) is 31.7 Å². The van der Waals surface area contributed by atoms with Crippen LogP contribution in [0.25, 0.3) is 11.0 Å². The number of nitrogens with one attached hydrogen (secondary N) is 2. The molecule has 0 unspecified atom stereocenters. The van der Waals surface area contributed by atoms with Crippen LogP contribution in [0.4, 0.5) is 17.5 Å². The van der Waals surface area contributed by atoms with Crippen LogP contribution in [-0.2, 0) is 0 Å². The highest BCUT2D eigenvalue weighted by Crippen LogP contribution is 2.30. The number of halogens is 1. The normalized spacial score (nSPS) is 17.1. The molecule has 9 heteroatoms. The molecule has 1 aliphatic carbocycles. The van der Waals surface area contributed by atoms with E-state index in [-0.39, 0.29) is 24.0 Å². The summed E-state index contributed by atoms with van der Waals surface area (Å²) in [4.78, 5) is 28.5. The molecule has 0 radical (unpaired) electrons. The van der Waals surface area contributed by atoms with E-state index < -0.39 is 0 Å². The van der Waals surface area contributed by atoms with Gasteiger partial charge in [-0.1, -0.05) is 12.8 Å². The maximum absolute atomic E-state index is 12.5. The molecule has 2 aliphatic rings. The highest BCUT2D eigenvalue weighted by molar-refractivity contribution is 5.85. The predicted molar refractivity (Wildman–Crippen MR) is 121 cm³/mol. The van der Waals surface area contributed by atoms with Crippen LogP contribution < -0.4 is 21.1 Å². The molecule has 0 amide bonds. The lowest BCUT2D eigenvalue weighted by atomic mass is 10.2. The number of hydrogen-bond donors (Lipinski definition) is 2. The summed E-state index contributed by atoms with van der Waals surface area (Å²) in [6.07, 6.45) is 8.02. The summed E-state index contributed by atoms with van der Waals surface area (Å²) in [6.45, 7) is 3.96. The molecule has 0 atom stereocenters. The Hall–Kier alpha value is -2.71. The van der Waals surface area contributed by atoms with Crippen molar-refractivity contribution >= 4 is 40.9 Å². The van der Waals surface area contributed by atoms with Gasteiger partial charge in [0.1, 0.15) is 11.5 Å². The second-order valence-electron chi connectivity index (χ2n) is 7.72. The van der Waals surface area contributed by atoms with Crippen LogP contribution in [0, 0.1) is 0 Å². The van der Waals surface area contributed by atoms with Crippen LogP contribution in [0.3, 0.4) is 0 Å². The third-order valence-electron chi connectivity index (χ3n) is 5.83. The maximum Gasteiger partial charge on any atom is 0.252 e. The Balaban J connectivity index is 0.00000218. The topological polar surface area (TPSA) is 88.0 Å². The van der Waals surface area contributed by atoms with Crippen molar-refractivity contribution in [2.24, 2.45) is 0 Å². The van der Waals surface area contributed by atoms with Crippen LogP contribution >= 0.6 is 12.4 Å². The molecule has 8 nitrogen and oxygen atoms in total. The monoisotopic (exact) mass is 427 g/mol. The zero-order valence-electron chi connectivity index (χ0n) is 16.8. The van der Waals surface area contributed by atoms with Crippen LogP contribution in [0.1, 0.15) is 31.7 Å². The van der Waals surface area contributed by atoms with Gasteiger partial charge < -0.3 is 15.5 Å². The number of anilines is 3. The van der Waals surface area contributed by atoms with Crippen LogP contribution in [-0.4, -0.2) is 45.7 Å². The zero-order chi connectivity index (χ0) is 19.6. The molecular formula is C21H26ClN7O. The number of hydrogen-bond acceptors (Lipinski definition) is 7. The third-order valence-corrected chi connectivity index (χ3v) is 5.83. The number of fused-ring (bicyclic) bond motifs is 1. The average molecular weight is 428 g/mol. The Morgan fingerprint density at radius 1 is 1.00 bits per heavy atom. The van der Waals surface area contributed by atoms with Gasteiger partial charge in [0.25, 0.3) is 5.56 Å². The fraction of sp³-hybridized carbons (Fsp3) is 0.429. The number of nitrogens with zero attached hydrogens (tertiary/aromatic N) is 5. The van der Waals surface area contributed by atoms with Crippen molar-refractivity contribution in [3.05, 3.63) is 47.0 Å². The summed E-state index contributed by atoms with van der Waals surface area (Å²) >= 11 is 0. The van der Waals surface area contributed by atoms with E-state index >= 15 is 0 Å². The molecule has 1 saturated carbocycles. The summed E-state index contributed by atoms with van der Waals surface area (Å²) in [5.41, 5.74) is 1.82. The first-order valence-electron chi connectivity index (χ1n) is 10.3. The van der Waals surface area contributed by atoms with E-state index in [4.69, 9.17) is 0 Å². The molecule has 30 heavy (non-hydrogen) atoms. The minimum absolute atomic E-state index is 0. The minimum atomic E-state index is 0. The van der Waals surface area contributed by atoms with Gasteiger partial charge in [-0.3, -0.25) is 9.36 Å². The van der Waals surface area contributed by atoms with Crippen LogP contribution in [0.5, 0.6) is 0 Å². The molecule has 3 aromatic rings. The Bertz CT molecular complexity index is 1060. The molecule has 158 valence electrons. The molecule has 0 bridgehead atoms. The molecule has 4 heterocycles. The third kappa shape index (κ3) is 4.11.